The number of carboxylic acids is 1. The molecule has 0 aliphatic heterocycles. The average molecular weight is 213 g/mol. The molecule has 0 fully saturated rings. The normalized spacial score (nSPS) is 15.0. The van der Waals surface area contributed by atoms with Crippen LogP contribution in [0.3, 0.4) is 0 Å². The molecule has 1 rings (SSSR count). The maximum atomic E-state index is 11.0. The molecule has 1 aromatic heterocycles. The monoisotopic (exact) mass is 213 g/mol. The van der Waals surface area contributed by atoms with Gasteiger partial charge in [-0.15, -0.1) is 0 Å². The molecule has 2 unspecified atom stereocenters. The van der Waals surface area contributed by atoms with Gasteiger partial charge < -0.3 is 5.11 Å². The van der Waals surface area contributed by atoms with E-state index in [2.05, 4.69) is 5.32 Å². The third-order valence-corrected chi connectivity index (χ3v) is 2.89. The van der Waals surface area contributed by atoms with Crippen molar-refractivity contribution in [3.8, 4) is 0 Å². The van der Waals surface area contributed by atoms with E-state index in [1.54, 1.807) is 0 Å². The van der Waals surface area contributed by atoms with Crippen molar-refractivity contribution >= 4 is 17.3 Å². The summed E-state index contributed by atoms with van der Waals surface area (Å²) in [6, 6.07) is 1.49. The molecule has 0 radical (unpaired) electrons. The SMILES string of the molecule is CCC(C)NC(C(=O)O)c1ccsc1. The van der Waals surface area contributed by atoms with Gasteiger partial charge >= 0.3 is 5.97 Å². The molecule has 0 spiro atoms. The molecule has 78 valence electrons. The molecule has 2 N–H and O–H groups in total. The summed E-state index contributed by atoms with van der Waals surface area (Å²) in [5.74, 6) is -0.816. The minimum absolute atomic E-state index is 0.219. The highest BCUT2D eigenvalue weighted by molar-refractivity contribution is 7.08. The number of aliphatic carboxylic acids is 1. The molecule has 0 aliphatic rings. The number of rotatable bonds is 5. The maximum absolute atomic E-state index is 11.0. The van der Waals surface area contributed by atoms with Gasteiger partial charge in [0, 0.05) is 6.04 Å². The third kappa shape index (κ3) is 2.82. The van der Waals surface area contributed by atoms with E-state index in [-0.39, 0.29) is 6.04 Å². The summed E-state index contributed by atoms with van der Waals surface area (Å²) in [6.07, 6.45) is 0.925. The molecule has 4 heteroatoms. The summed E-state index contributed by atoms with van der Waals surface area (Å²) >= 11 is 1.52. The predicted molar refractivity (Wildman–Crippen MR) is 57.6 cm³/mol. The molecule has 1 heterocycles. The molecular formula is C10H15NO2S. The molecule has 1 aromatic rings. The van der Waals surface area contributed by atoms with Crippen molar-refractivity contribution in [2.75, 3.05) is 0 Å². The van der Waals surface area contributed by atoms with Crippen LogP contribution in [0.2, 0.25) is 0 Å². The second-order valence-corrected chi connectivity index (χ2v) is 4.08. The third-order valence-electron chi connectivity index (χ3n) is 2.19. The summed E-state index contributed by atoms with van der Waals surface area (Å²) in [4.78, 5) is 11.0. The van der Waals surface area contributed by atoms with Gasteiger partial charge in [-0.25, -0.2) is 0 Å². The van der Waals surface area contributed by atoms with Gasteiger partial charge in [0.05, 0.1) is 0 Å². The average Bonchev–Trinajstić information content (AvgIpc) is 2.65. The fourth-order valence-electron chi connectivity index (χ4n) is 1.15. The van der Waals surface area contributed by atoms with Gasteiger partial charge in [-0.2, -0.15) is 11.3 Å². The Hall–Kier alpha value is -0.870. The highest BCUT2D eigenvalue weighted by Crippen LogP contribution is 2.17. The molecule has 0 aromatic carbocycles. The van der Waals surface area contributed by atoms with Crippen LogP contribution in [0, 0.1) is 0 Å². The molecule has 2 atom stereocenters. The van der Waals surface area contributed by atoms with Crippen LogP contribution in [0.4, 0.5) is 0 Å². The van der Waals surface area contributed by atoms with Crippen molar-refractivity contribution in [1.29, 1.82) is 0 Å². The highest BCUT2D eigenvalue weighted by Gasteiger charge is 2.20. The van der Waals surface area contributed by atoms with E-state index in [0.29, 0.717) is 0 Å². The molecule has 14 heavy (non-hydrogen) atoms. The highest BCUT2D eigenvalue weighted by atomic mass is 32.1. The van der Waals surface area contributed by atoms with Gasteiger partial charge in [0.15, 0.2) is 0 Å². The van der Waals surface area contributed by atoms with Crippen molar-refractivity contribution in [2.24, 2.45) is 0 Å². The van der Waals surface area contributed by atoms with Gasteiger partial charge in [0.25, 0.3) is 0 Å². The Labute approximate surface area is 87.8 Å². The fraction of sp³-hybridized carbons (Fsp3) is 0.500. The lowest BCUT2D eigenvalue weighted by atomic mass is 10.1. The summed E-state index contributed by atoms with van der Waals surface area (Å²) in [7, 11) is 0. The minimum Gasteiger partial charge on any atom is -0.480 e. The first-order chi connectivity index (χ1) is 6.65. The van der Waals surface area contributed by atoms with Crippen molar-refractivity contribution in [3.05, 3.63) is 22.4 Å². The Balaban J connectivity index is 2.71. The van der Waals surface area contributed by atoms with Gasteiger partial charge in [0.1, 0.15) is 6.04 Å². The summed E-state index contributed by atoms with van der Waals surface area (Å²) in [5.41, 5.74) is 0.836. The van der Waals surface area contributed by atoms with Crippen LogP contribution in [0.1, 0.15) is 31.9 Å². The standard InChI is InChI=1S/C10H15NO2S/c1-3-7(2)11-9(10(12)13)8-4-5-14-6-8/h4-7,9,11H,3H2,1-2H3,(H,12,13). The van der Waals surface area contributed by atoms with E-state index in [9.17, 15) is 4.79 Å². The number of thiophene rings is 1. The first-order valence-corrected chi connectivity index (χ1v) is 5.60. The number of hydrogen-bond acceptors (Lipinski definition) is 3. The number of carbonyl (C=O) groups is 1. The van der Waals surface area contributed by atoms with E-state index in [4.69, 9.17) is 5.11 Å². The minimum atomic E-state index is -0.816. The van der Waals surface area contributed by atoms with E-state index in [1.807, 2.05) is 30.7 Å². The maximum Gasteiger partial charge on any atom is 0.325 e. The van der Waals surface area contributed by atoms with E-state index in [0.717, 1.165) is 12.0 Å². The van der Waals surface area contributed by atoms with Crippen LogP contribution in [0.5, 0.6) is 0 Å². The zero-order valence-electron chi connectivity index (χ0n) is 8.36. The number of carboxylic acid groups (broad SMARTS) is 1. The van der Waals surface area contributed by atoms with Crippen molar-refractivity contribution < 1.29 is 9.90 Å². The molecule has 0 aliphatic carbocycles. The zero-order valence-corrected chi connectivity index (χ0v) is 9.17. The number of nitrogens with one attached hydrogen (secondary N) is 1. The summed E-state index contributed by atoms with van der Waals surface area (Å²) in [5, 5.41) is 15.9. The fourth-order valence-corrected chi connectivity index (χ4v) is 1.84. The smallest absolute Gasteiger partial charge is 0.325 e. The molecule has 0 saturated heterocycles. The van der Waals surface area contributed by atoms with Crippen LogP contribution in [-0.2, 0) is 4.79 Å². The molecule has 0 amide bonds. The van der Waals surface area contributed by atoms with Gasteiger partial charge in [-0.1, -0.05) is 6.92 Å². The van der Waals surface area contributed by atoms with Crippen LogP contribution < -0.4 is 5.32 Å². The Morgan fingerprint density at radius 3 is 2.86 bits per heavy atom. The second kappa shape index (κ2) is 5.12. The quantitative estimate of drug-likeness (QED) is 0.788. The second-order valence-electron chi connectivity index (χ2n) is 3.30. The Morgan fingerprint density at radius 1 is 1.71 bits per heavy atom. The molecule has 0 saturated carbocycles. The van der Waals surface area contributed by atoms with E-state index >= 15 is 0 Å². The van der Waals surface area contributed by atoms with Gasteiger partial charge in [-0.05, 0) is 35.7 Å². The summed E-state index contributed by atoms with van der Waals surface area (Å²) < 4.78 is 0. The predicted octanol–water partition coefficient (Wildman–Crippen LogP) is 2.26. The van der Waals surface area contributed by atoms with Crippen LogP contribution in [0.15, 0.2) is 16.8 Å². The molecule has 0 bridgehead atoms. The summed E-state index contributed by atoms with van der Waals surface area (Å²) in [6.45, 7) is 4.02. The van der Waals surface area contributed by atoms with Crippen molar-refractivity contribution in [3.63, 3.8) is 0 Å². The van der Waals surface area contributed by atoms with Crippen molar-refractivity contribution in [1.82, 2.24) is 5.32 Å². The van der Waals surface area contributed by atoms with E-state index < -0.39 is 12.0 Å². The Morgan fingerprint density at radius 2 is 2.43 bits per heavy atom. The van der Waals surface area contributed by atoms with Crippen LogP contribution in [-0.4, -0.2) is 17.1 Å². The molecule has 3 nitrogen and oxygen atoms in total. The van der Waals surface area contributed by atoms with Crippen molar-refractivity contribution in [2.45, 2.75) is 32.4 Å². The molecular weight excluding hydrogens is 198 g/mol. The van der Waals surface area contributed by atoms with Crippen LogP contribution >= 0.6 is 11.3 Å². The zero-order chi connectivity index (χ0) is 10.6. The lowest BCUT2D eigenvalue weighted by Crippen LogP contribution is -2.34. The van der Waals surface area contributed by atoms with Gasteiger partial charge in [0.2, 0.25) is 0 Å². The largest absolute Gasteiger partial charge is 0.480 e. The van der Waals surface area contributed by atoms with Gasteiger partial charge in [-0.3, -0.25) is 10.1 Å². The Kier molecular flexibility index (Phi) is 4.10. The van der Waals surface area contributed by atoms with Crippen LogP contribution in [0.25, 0.3) is 0 Å². The first kappa shape index (κ1) is 11.2. The first-order valence-electron chi connectivity index (χ1n) is 4.66. The topological polar surface area (TPSA) is 49.3 Å². The van der Waals surface area contributed by atoms with E-state index in [1.165, 1.54) is 11.3 Å². The lowest BCUT2D eigenvalue weighted by molar-refractivity contribution is -0.139. The number of hydrogen-bond donors (Lipinski definition) is 2. The Bertz CT molecular complexity index is 284. The lowest BCUT2D eigenvalue weighted by Gasteiger charge is -2.17.